The van der Waals surface area contributed by atoms with Gasteiger partial charge in [0.1, 0.15) is 6.10 Å². The molecule has 0 aliphatic heterocycles. The first-order chi connectivity index (χ1) is 12.3. The Hall–Kier alpha value is -1.57. The lowest BCUT2D eigenvalue weighted by Gasteiger charge is -2.32. The van der Waals surface area contributed by atoms with Crippen molar-refractivity contribution in [2.75, 3.05) is 12.8 Å². The van der Waals surface area contributed by atoms with Crippen molar-refractivity contribution >= 4 is 48.6 Å². The lowest BCUT2D eigenvalue weighted by Crippen LogP contribution is -2.53. The Bertz CT molecular complexity index is 665. The van der Waals surface area contributed by atoms with Crippen molar-refractivity contribution in [2.24, 2.45) is 0 Å². The van der Waals surface area contributed by atoms with Crippen molar-refractivity contribution in [3.63, 3.8) is 0 Å². The molecule has 4 atom stereocenters. The number of aliphatic hydroxyl groups excluding tert-OH is 1. The Balaban J connectivity index is 5.83. The summed E-state index contributed by atoms with van der Waals surface area (Å²) in [5.41, 5.74) is 0. The summed E-state index contributed by atoms with van der Waals surface area (Å²) in [6.07, 6.45) is -8.54. The number of ether oxygens (including phenoxy) is 3. The molecule has 0 rings (SSSR count). The van der Waals surface area contributed by atoms with E-state index in [1.54, 1.807) is 0 Å². The molecule has 0 aromatic carbocycles. The summed E-state index contributed by atoms with van der Waals surface area (Å²) in [6, 6.07) is 0. The van der Waals surface area contributed by atoms with Gasteiger partial charge in [-0.25, -0.2) is 0 Å². The molecule has 0 fully saturated rings. The van der Waals surface area contributed by atoms with Crippen LogP contribution in [0.5, 0.6) is 0 Å². The second kappa shape index (κ2) is 10.5. The molecule has 0 aromatic heterocycles. The summed E-state index contributed by atoms with van der Waals surface area (Å²) in [5.74, 6) is -2.91. The number of carbonyl (C=O) groups is 4. The van der Waals surface area contributed by atoms with Gasteiger partial charge in [-0.15, -0.1) is 0 Å². The van der Waals surface area contributed by atoms with Crippen LogP contribution in [0.3, 0.4) is 0 Å². The molecule has 0 aliphatic carbocycles. The van der Waals surface area contributed by atoms with Gasteiger partial charge in [-0.2, -0.15) is 8.42 Å². The molecule has 0 radical (unpaired) electrons. The highest BCUT2D eigenvalue weighted by Crippen LogP contribution is 2.20. The fraction of sp³-hybridized carbons (Fsp3) is 0.692. The van der Waals surface area contributed by atoms with E-state index in [1.165, 1.54) is 0 Å². The first-order valence-corrected chi connectivity index (χ1v) is 9.23. The molecule has 26 heavy (non-hydrogen) atoms. The summed E-state index contributed by atoms with van der Waals surface area (Å²) in [4.78, 5) is 45.7. The molecule has 0 heterocycles. The van der Waals surface area contributed by atoms with Crippen LogP contribution in [0.2, 0.25) is 0 Å². The van der Waals surface area contributed by atoms with Crippen LogP contribution in [0.15, 0.2) is 0 Å². The molecular formula is C13H19BrO11S. The molecule has 0 saturated carbocycles. The summed E-state index contributed by atoms with van der Waals surface area (Å²) < 4.78 is 47.1. The predicted molar refractivity (Wildman–Crippen MR) is 87.4 cm³/mol. The average Bonchev–Trinajstić information content (AvgIpc) is 2.53. The predicted octanol–water partition coefficient (Wildman–Crippen LogP) is -0.960. The standard InChI is InChI=1S/C13H19BrO11S/c1-6(15)23-10(9(18)5-22-26(4,20)21)11(24-7(2)16)12(13(14)19)25-8(3)17/h9-12,18H,5H2,1-4H3/t9-,10-,11+,12-/m1/s1/i4D. The summed E-state index contributed by atoms with van der Waals surface area (Å²) in [6.45, 7) is 1.84. The minimum atomic E-state index is -4.28. The molecule has 0 unspecified atom stereocenters. The third-order valence-corrected chi connectivity index (χ3v) is 3.49. The molecular weight excluding hydrogens is 444 g/mol. The maximum Gasteiger partial charge on any atom is 0.303 e. The first-order valence-electron chi connectivity index (χ1n) is 7.56. The van der Waals surface area contributed by atoms with Crippen LogP contribution in [0.25, 0.3) is 0 Å². The number of hydrogen-bond donors (Lipinski definition) is 1. The number of halogens is 1. The Morgan fingerprint density at radius 1 is 1.00 bits per heavy atom. The fourth-order valence-corrected chi connectivity index (χ4v) is 2.44. The first kappa shape index (κ1) is 22.5. The minimum absolute atomic E-state index is 0.933. The van der Waals surface area contributed by atoms with Gasteiger partial charge in [0.2, 0.25) is 10.8 Å². The van der Waals surface area contributed by atoms with Gasteiger partial charge in [0, 0.05) is 22.1 Å². The van der Waals surface area contributed by atoms with Crippen molar-refractivity contribution in [1.29, 1.82) is 0 Å². The van der Waals surface area contributed by atoms with Crippen LogP contribution >= 0.6 is 15.9 Å². The Labute approximate surface area is 159 Å². The zero-order chi connectivity index (χ0) is 21.4. The molecule has 13 heteroatoms. The lowest BCUT2D eigenvalue weighted by molar-refractivity contribution is -0.193. The van der Waals surface area contributed by atoms with E-state index in [9.17, 15) is 32.7 Å². The quantitative estimate of drug-likeness (QED) is 0.184. The van der Waals surface area contributed by atoms with Crippen molar-refractivity contribution in [3.8, 4) is 0 Å². The van der Waals surface area contributed by atoms with Gasteiger partial charge in [0.05, 0.1) is 12.8 Å². The van der Waals surface area contributed by atoms with Gasteiger partial charge in [-0.3, -0.25) is 23.4 Å². The molecule has 1 N–H and O–H groups in total. The van der Waals surface area contributed by atoms with Crippen LogP contribution in [0, 0.1) is 0 Å². The van der Waals surface area contributed by atoms with E-state index < -0.39 is 70.0 Å². The zero-order valence-corrected chi connectivity index (χ0v) is 16.4. The van der Waals surface area contributed by atoms with Gasteiger partial charge in [-0.1, -0.05) is 0 Å². The number of carbonyl (C=O) groups excluding carboxylic acids is 4. The maximum atomic E-state index is 11.8. The highest BCUT2D eigenvalue weighted by atomic mass is 79.9. The van der Waals surface area contributed by atoms with Gasteiger partial charge >= 0.3 is 17.9 Å². The molecule has 0 bridgehead atoms. The van der Waals surface area contributed by atoms with Crippen molar-refractivity contribution in [2.45, 2.75) is 45.2 Å². The monoisotopic (exact) mass is 463 g/mol. The number of rotatable bonds is 10. The average molecular weight is 464 g/mol. The smallest absolute Gasteiger partial charge is 0.303 e. The summed E-state index contributed by atoms with van der Waals surface area (Å²) in [7, 11) is -4.28. The second-order valence-corrected chi connectivity index (χ2v) is 7.02. The van der Waals surface area contributed by atoms with Gasteiger partial charge in [-0.05, 0) is 15.9 Å². The van der Waals surface area contributed by atoms with Crippen molar-refractivity contribution in [1.82, 2.24) is 0 Å². The third kappa shape index (κ3) is 9.79. The highest BCUT2D eigenvalue weighted by molar-refractivity contribution is 9.18. The molecule has 150 valence electrons. The fourth-order valence-electron chi connectivity index (χ4n) is 1.74. The Morgan fingerprint density at radius 3 is 1.85 bits per heavy atom. The molecule has 0 amide bonds. The summed E-state index contributed by atoms with van der Waals surface area (Å²) in [5, 5.41) is 10.2. The molecule has 11 nitrogen and oxygen atoms in total. The number of hydrogen-bond acceptors (Lipinski definition) is 11. The van der Waals surface area contributed by atoms with E-state index in [0.717, 1.165) is 20.8 Å². The minimum Gasteiger partial charge on any atom is -0.456 e. The second-order valence-electron chi connectivity index (χ2n) is 4.89. The molecule has 0 aliphatic rings. The van der Waals surface area contributed by atoms with Crippen LogP contribution in [0.4, 0.5) is 0 Å². The van der Waals surface area contributed by atoms with Crippen molar-refractivity contribution in [3.05, 3.63) is 0 Å². The van der Waals surface area contributed by atoms with Crippen LogP contribution < -0.4 is 0 Å². The van der Waals surface area contributed by atoms with Crippen LogP contribution in [-0.2, 0) is 47.7 Å². The normalized spacial score (nSPS) is 16.4. The molecule has 0 spiro atoms. The lowest BCUT2D eigenvalue weighted by atomic mass is 10.0. The Morgan fingerprint density at radius 2 is 1.46 bits per heavy atom. The SMILES string of the molecule is [2H]CS(=O)(=O)OC[C@@H](O)[C@@H](OC(C)=O)[C@H](OC(C)=O)[C@@H](OC(C)=O)C(=O)Br. The molecule has 0 saturated heterocycles. The van der Waals surface area contributed by atoms with E-state index in [-0.39, 0.29) is 0 Å². The van der Waals surface area contributed by atoms with Crippen molar-refractivity contribution < 1.29 is 52.5 Å². The number of esters is 3. The van der Waals surface area contributed by atoms with E-state index in [2.05, 4.69) is 20.1 Å². The Kier molecular flexibility index (Phi) is 9.12. The maximum absolute atomic E-state index is 11.8. The van der Waals surface area contributed by atoms with E-state index >= 15 is 0 Å². The summed E-state index contributed by atoms with van der Waals surface area (Å²) >= 11 is 2.54. The van der Waals surface area contributed by atoms with Crippen LogP contribution in [0.1, 0.15) is 22.1 Å². The van der Waals surface area contributed by atoms with Crippen LogP contribution in [-0.4, -0.2) is 73.4 Å². The van der Waals surface area contributed by atoms with Gasteiger partial charge in [0.25, 0.3) is 10.1 Å². The third-order valence-electron chi connectivity index (χ3n) is 2.54. The zero-order valence-electron chi connectivity index (χ0n) is 15.0. The molecule has 0 aromatic rings. The van der Waals surface area contributed by atoms with E-state index in [4.69, 9.17) is 15.6 Å². The van der Waals surface area contributed by atoms with Gasteiger partial charge < -0.3 is 19.3 Å². The largest absolute Gasteiger partial charge is 0.456 e. The number of aliphatic hydroxyl groups is 1. The highest BCUT2D eigenvalue weighted by Gasteiger charge is 2.44. The van der Waals surface area contributed by atoms with E-state index in [1.807, 2.05) is 0 Å². The van der Waals surface area contributed by atoms with Gasteiger partial charge in [0.15, 0.2) is 12.2 Å². The topological polar surface area (TPSA) is 160 Å². The van der Waals surface area contributed by atoms with E-state index in [0.29, 0.717) is 0 Å².